The average molecular weight is 288 g/mol. The fourth-order valence-electron chi connectivity index (χ4n) is 3.00. The number of phenolic OH excluding ortho intramolecular Hbond substituents is 1. The number of phenols is 1. The summed E-state index contributed by atoms with van der Waals surface area (Å²) in [5.74, 6) is 2.88. The number of hydrogen-bond donors (Lipinski definition) is 1. The monoisotopic (exact) mass is 288 g/mol. The van der Waals surface area contributed by atoms with E-state index >= 15 is 0 Å². The van der Waals surface area contributed by atoms with Gasteiger partial charge in [-0.1, -0.05) is 24.9 Å². The summed E-state index contributed by atoms with van der Waals surface area (Å²) < 4.78 is 10.5. The van der Waals surface area contributed by atoms with E-state index in [1.165, 1.54) is 20.0 Å². The third kappa shape index (κ3) is 2.86. The van der Waals surface area contributed by atoms with Gasteiger partial charge >= 0.3 is 0 Å². The molecule has 1 saturated carbocycles. The van der Waals surface area contributed by atoms with Gasteiger partial charge in [-0.2, -0.15) is 4.98 Å². The van der Waals surface area contributed by atoms with Crippen LogP contribution in [0, 0.1) is 5.92 Å². The molecule has 1 fully saturated rings. The molecular formula is C16H20N2O3. The average Bonchev–Trinajstić information content (AvgIpc) is 2.97. The topological polar surface area (TPSA) is 68.4 Å². The molecule has 5 heteroatoms. The Morgan fingerprint density at radius 2 is 2.19 bits per heavy atom. The number of aromatic nitrogens is 2. The summed E-state index contributed by atoms with van der Waals surface area (Å²) in [4.78, 5) is 4.53. The highest BCUT2D eigenvalue weighted by molar-refractivity contribution is 5.59. The van der Waals surface area contributed by atoms with Crippen LogP contribution in [0.4, 0.5) is 0 Å². The van der Waals surface area contributed by atoms with Crippen LogP contribution < -0.4 is 4.74 Å². The summed E-state index contributed by atoms with van der Waals surface area (Å²) in [6.07, 6.45) is 4.76. The quantitative estimate of drug-likeness (QED) is 0.931. The van der Waals surface area contributed by atoms with Gasteiger partial charge in [0, 0.05) is 11.5 Å². The van der Waals surface area contributed by atoms with E-state index in [2.05, 4.69) is 17.1 Å². The molecule has 0 saturated heterocycles. The number of methoxy groups -OCH3 is 1. The van der Waals surface area contributed by atoms with Crippen LogP contribution in [0.25, 0.3) is 11.5 Å². The summed E-state index contributed by atoms with van der Waals surface area (Å²) in [6, 6.07) is 5.02. The zero-order valence-corrected chi connectivity index (χ0v) is 12.4. The van der Waals surface area contributed by atoms with E-state index in [-0.39, 0.29) is 5.75 Å². The maximum Gasteiger partial charge on any atom is 0.258 e. The van der Waals surface area contributed by atoms with Crippen molar-refractivity contribution in [2.75, 3.05) is 7.11 Å². The van der Waals surface area contributed by atoms with Gasteiger partial charge in [0.15, 0.2) is 17.3 Å². The molecule has 2 unspecified atom stereocenters. The number of ether oxygens (including phenoxy) is 1. The highest BCUT2D eigenvalue weighted by atomic mass is 16.5. The first-order valence-corrected chi connectivity index (χ1v) is 7.38. The van der Waals surface area contributed by atoms with E-state index in [0.29, 0.717) is 17.6 Å². The molecule has 1 aromatic carbocycles. The van der Waals surface area contributed by atoms with Gasteiger partial charge < -0.3 is 14.4 Å². The molecule has 0 amide bonds. The van der Waals surface area contributed by atoms with Crippen molar-refractivity contribution in [1.29, 1.82) is 0 Å². The van der Waals surface area contributed by atoms with Crippen LogP contribution in [0.15, 0.2) is 22.7 Å². The van der Waals surface area contributed by atoms with Crippen LogP contribution in [-0.2, 0) is 0 Å². The lowest BCUT2D eigenvalue weighted by Crippen LogP contribution is -2.12. The van der Waals surface area contributed by atoms with E-state index in [9.17, 15) is 5.11 Å². The Hall–Kier alpha value is -2.04. The molecule has 0 aliphatic heterocycles. The Morgan fingerprint density at radius 3 is 2.95 bits per heavy atom. The first kappa shape index (κ1) is 13.9. The number of benzene rings is 1. The zero-order valence-electron chi connectivity index (χ0n) is 12.4. The third-order valence-corrected chi connectivity index (χ3v) is 4.17. The fourth-order valence-corrected chi connectivity index (χ4v) is 3.00. The largest absolute Gasteiger partial charge is 0.504 e. The van der Waals surface area contributed by atoms with Crippen molar-refractivity contribution in [2.45, 2.75) is 38.5 Å². The molecule has 1 aliphatic rings. The number of rotatable bonds is 3. The molecular weight excluding hydrogens is 268 g/mol. The first-order chi connectivity index (χ1) is 10.2. The van der Waals surface area contributed by atoms with Gasteiger partial charge in [-0.25, -0.2) is 0 Å². The number of hydrogen-bond acceptors (Lipinski definition) is 5. The second kappa shape index (κ2) is 5.76. The fraction of sp³-hybridized carbons (Fsp3) is 0.500. The lowest BCUT2D eigenvalue weighted by molar-refractivity contribution is 0.324. The molecule has 2 atom stereocenters. The van der Waals surface area contributed by atoms with Crippen molar-refractivity contribution in [3.63, 3.8) is 0 Å². The van der Waals surface area contributed by atoms with Gasteiger partial charge in [-0.15, -0.1) is 0 Å². The van der Waals surface area contributed by atoms with Crippen molar-refractivity contribution < 1.29 is 14.4 Å². The summed E-state index contributed by atoms with van der Waals surface area (Å²) in [5.41, 5.74) is 0.757. The van der Waals surface area contributed by atoms with Gasteiger partial charge in [-0.3, -0.25) is 0 Å². The normalized spacial score (nSPS) is 22.2. The predicted molar refractivity (Wildman–Crippen MR) is 78.3 cm³/mol. The van der Waals surface area contributed by atoms with Crippen molar-refractivity contribution in [3.8, 4) is 23.0 Å². The van der Waals surface area contributed by atoms with E-state index in [1.54, 1.807) is 18.2 Å². The summed E-state index contributed by atoms with van der Waals surface area (Å²) in [6.45, 7) is 2.28. The molecule has 1 N–H and O–H groups in total. The standard InChI is InChI=1S/C16H20N2O3/c1-10-4-3-5-11(8-10)15-17-16(21-18-15)12-6-7-13(19)14(9-12)20-2/h6-7,9-11,19H,3-5,8H2,1-2H3. The minimum atomic E-state index is 0.0992. The van der Waals surface area contributed by atoms with Crippen LogP contribution in [-0.4, -0.2) is 22.4 Å². The molecule has 1 heterocycles. The summed E-state index contributed by atoms with van der Waals surface area (Å²) >= 11 is 0. The molecule has 2 aromatic rings. The minimum absolute atomic E-state index is 0.0992. The van der Waals surface area contributed by atoms with E-state index in [0.717, 1.165) is 30.1 Å². The zero-order chi connectivity index (χ0) is 14.8. The molecule has 0 radical (unpaired) electrons. The molecule has 5 nitrogen and oxygen atoms in total. The molecule has 112 valence electrons. The predicted octanol–water partition coefficient (Wildman–Crippen LogP) is 3.74. The lowest BCUT2D eigenvalue weighted by atomic mass is 9.82. The van der Waals surface area contributed by atoms with Crippen molar-refractivity contribution in [1.82, 2.24) is 10.1 Å². The Kier molecular flexibility index (Phi) is 3.82. The summed E-state index contributed by atoms with van der Waals surface area (Å²) in [7, 11) is 1.52. The van der Waals surface area contributed by atoms with E-state index < -0.39 is 0 Å². The SMILES string of the molecule is COc1cc(-c2nc(C3CCCC(C)C3)no2)ccc1O. The highest BCUT2D eigenvalue weighted by Crippen LogP contribution is 2.36. The van der Waals surface area contributed by atoms with Gasteiger partial charge in [0.05, 0.1) is 7.11 Å². The van der Waals surface area contributed by atoms with Gasteiger partial charge in [0.1, 0.15) is 0 Å². The van der Waals surface area contributed by atoms with Crippen LogP contribution in [0.1, 0.15) is 44.3 Å². The van der Waals surface area contributed by atoms with Crippen LogP contribution in [0.3, 0.4) is 0 Å². The molecule has 1 aliphatic carbocycles. The third-order valence-electron chi connectivity index (χ3n) is 4.17. The number of nitrogens with zero attached hydrogens (tertiary/aromatic N) is 2. The molecule has 21 heavy (non-hydrogen) atoms. The summed E-state index contributed by atoms with van der Waals surface area (Å²) in [5, 5.41) is 13.8. The van der Waals surface area contributed by atoms with E-state index in [1.807, 2.05) is 0 Å². The Morgan fingerprint density at radius 1 is 1.33 bits per heavy atom. The Labute approximate surface area is 123 Å². The lowest BCUT2D eigenvalue weighted by Gasteiger charge is -2.23. The molecule has 3 rings (SSSR count). The molecule has 1 aromatic heterocycles. The second-order valence-electron chi connectivity index (χ2n) is 5.81. The second-order valence-corrected chi connectivity index (χ2v) is 5.81. The van der Waals surface area contributed by atoms with Crippen LogP contribution in [0.5, 0.6) is 11.5 Å². The van der Waals surface area contributed by atoms with E-state index in [4.69, 9.17) is 9.26 Å². The number of aromatic hydroxyl groups is 1. The van der Waals surface area contributed by atoms with Crippen molar-refractivity contribution >= 4 is 0 Å². The van der Waals surface area contributed by atoms with Gasteiger partial charge in [0.2, 0.25) is 0 Å². The Balaban J connectivity index is 1.84. The highest BCUT2D eigenvalue weighted by Gasteiger charge is 2.25. The van der Waals surface area contributed by atoms with Crippen molar-refractivity contribution in [3.05, 3.63) is 24.0 Å². The Bertz CT molecular complexity index is 624. The minimum Gasteiger partial charge on any atom is -0.504 e. The van der Waals surface area contributed by atoms with Crippen LogP contribution in [0.2, 0.25) is 0 Å². The van der Waals surface area contributed by atoms with Crippen molar-refractivity contribution in [2.24, 2.45) is 5.92 Å². The maximum atomic E-state index is 9.63. The van der Waals surface area contributed by atoms with Crippen LogP contribution >= 0.6 is 0 Å². The first-order valence-electron chi connectivity index (χ1n) is 7.38. The molecule has 0 spiro atoms. The van der Waals surface area contributed by atoms with Gasteiger partial charge in [-0.05, 0) is 37.0 Å². The smallest absolute Gasteiger partial charge is 0.258 e. The maximum absolute atomic E-state index is 9.63. The molecule has 0 bridgehead atoms. The van der Waals surface area contributed by atoms with Gasteiger partial charge in [0.25, 0.3) is 5.89 Å².